The van der Waals surface area contributed by atoms with Gasteiger partial charge in [0, 0.05) is 51.0 Å². The van der Waals surface area contributed by atoms with E-state index in [-0.39, 0.29) is 35.8 Å². The normalized spacial score (nSPS) is 26.4. The molecular formula is C22H33N3O4. The molecule has 1 heterocycles. The molecule has 1 aromatic rings. The maximum atomic E-state index is 13.1. The predicted molar refractivity (Wildman–Crippen MR) is 112 cm³/mol. The minimum atomic E-state index is -0.118. The van der Waals surface area contributed by atoms with Crippen LogP contribution in [0.25, 0.3) is 0 Å². The highest BCUT2D eigenvalue weighted by molar-refractivity contribution is 5.99. The van der Waals surface area contributed by atoms with E-state index < -0.39 is 0 Å². The van der Waals surface area contributed by atoms with Crippen molar-refractivity contribution in [3.8, 4) is 5.75 Å². The van der Waals surface area contributed by atoms with E-state index in [9.17, 15) is 9.59 Å². The first-order chi connectivity index (χ1) is 13.9. The Hall–Kier alpha value is -2.12. The van der Waals surface area contributed by atoms with Crippen LogP contribution in [0.5, 0.6) is 5.75 Å². The summed E-state index contributed by atoms with van der Waals surface area (Å²) in [6.45, 7) is 5.86. The molecule has 0 unspecified atom stereocenters. The Balaban J connectivity index is 1.84. The number of hydrogen-bond donors (Lipinski definition) is 2. The summed E-state index contributed by atoms with van der Waals surface area (Å²) in [5.41, 5.74) is 1.15. The number of ether oxygens (including phenoxy) is 2. The molecule has 2 N–H and O–H groups in total. The molecule has 1 aliphatic heterocycles. The second kappa shape index (κ2) is 9.59. The van der Waals surface area contributed by atoms with E-state index in [0.717, 1.165) is 25.8 Å². The third-order valence-electron chi connectivity index (χ3n) is 5.97. The number of nitrogens with one attached hydrogen (secondary N) is 2. The molecule has 29 heavy (non-hydrogen) atoms. The number of methoxy groups -OCH3 is 1. The zero-order valence-corrected chi connectivity index (χ0v) is 17.9. The average Bonchev–Trinajstić information content (AvgIpc) is 2.65. The van der Waals surface area contributed by atoms with Crippen molar-refractivity contribution in [1.82, 2.24) is 10.2 Å². The fraction of sp³-hybridized carbons (Fsp3) is 0.636. The van der Waals surface area contributed by atoms with Crippen molar-refractivity contribution in [3.63, 3.8) is 0 Å². The van der Waals surface area contributed by atoms with Crippen LogP contribution in [-0.4, -0.2) is 62.7 Å². The average molecular weight is 404 g/mol. The lowest BCUT2D eigenvalue weighted by atomic mass is 9.85. The molecule has 3 rings (SSSR count). The first-order valence-electron chi connectivity index (χ1n) is 10.5. The molecule has 0 spiro atoms. The monoisotopic (exact) mass is 403 g/mol. The molecule has 2 amide bonds. The van der Waals surface area contributed by atoms with Crippen LogP contribution in [0.3, 0.4) is 0 Å². The lowest BCUT2D eigenvalue weighted by Crippen LogP contribution is -2.44. The minimum absolute atomic E-state index is 0.0414. The highest BCUT2D eigenvalue weighted by Crippen LogP contribution is 2.30. The standard InChI is InChI=1S/C22H33N3O4/c1-14-11-23-15(2)13-29-19-10-17(24-21(26)16-6-5-7-16)8-9-18(19)22(27)25(3)12-20(14)28-4/h8-10,14-16,20,23H,5-7,11-13H2,1-4H3,(H,24,26)/t14-,15-,20-/m1/s1. The molecule has 7 heteroatoms. The first kappa shape index (κ1) is 21.6. The Labute approximate surface area is 173 Å². The van der Waals surface area contributed by atoms with E-state index in [4.69, 9.17) is 9.47 Å². The minimum Gasteiger partial charge on any atom is -0.491 e. The predicted octanol–water partition coefficient (Wildman–Crippen LogP) is 2.52. The third-order valence-corrected chi connectivity index (χ3v) is 5.97. The van der Waals surface area contributed by atoms with E-state index in [0.29, 0.717) is 30.2 Å². The van der Waals surface area contributed by atoms with Crippen LogP contribution in [0, 0.1) is 11.8 Å². The Morgan fingerprint density at radius 2 is 2.07 bits per heavy atom. The van der Waals surface area contributed by atoms with Gasteiger partial charge < -0.3 is 25.0 Å². The molecule has 0 saturated heterocycles. The molecule has 0 bridgehead atoms. The van der Waals surface area contributed by atoms with Gasteiger partial charge in [-0.15, -0.1) is 0 Å². The fourth-order valence-corrected chi connectivity index (χ4v) is 3.65. The van der Waals surface area contributed by atoms with Gasteiger partial charge in [-0.1, -0.05) is 13.3 Å². The van der Waals surface area contributed by atoms with Gasteiger partial charge >= 0.3 is 0 Å². The van der Waals surface area contributed by atoms with Gasteiger partial charge in [0.15, 0.2) is 0 Å². The molecule has 1 saturated carbocycles. The van der Waals surface area contributed by atoms with Crippen LogP contribution < -0.4 is 15.4 Å². The Morgan fingerprint density at radius 3 is 2.72 bits per heavy atom. The highest BCUT2D eigenvalue weighted by atomic mass is 16.5. The highest BCUT2D eigenvalue weighted by Gasteiger charge is 2.27. The largest absolute Gasteiger partial charge is 0.491 e. The maximum Gasteiger partial charge on any atom is 0.257 e. The number of nitrogens with zero attached hydrogens (tertiary/aromatic N) is 1. The summed E-state index contributed by atoms with van der Waals surface area (Å²) < 4.78 is 11.6. The SMILES string of the molecule is CO[C@@H]1CN(C)C(=O)c2ccc(NC(=O)C3CCC3)cc2OC[C@@H](C)NC[C@H]1C. The van der Waals surface area contributed by atoms with Crippen molar-refractivity contribution in [3.05, 3.63) is 23.8 Å². The molecule has 0 radical (unpaired) electrons. The topological polar surface area (TPSA) is 79.9 Å². The molecular weight excluding hydrogens is 370 g/mol. The van der Waals surface area contributed by atoms with E-state index in [1.54, 1.807) is 37.3 Å². The molecule has 1 aliphatic carbocycles. The van der Waals surface area contributed by atoms with Crippen LogP contribution >= 0.6 is 0 Å². The number of rotatable bonds is 3. The number of hydrogen-bond acceptors (Lipinski definition) is 5. The van der Waals surface area contributed by atoms with Gasteiger partial charge in [0.1, 0.15) is 12.4 Å². The summed E-state index contributed by atoms with van der Waals surface area (Å²) >= 11 is 0. The summed E-state index contributed by atoms with van der Waals surface area (Å²) in [4.78, 5) is 27.0. The Bertz CT molecular complexity index is 735. The van der Waals surface area contributed by atoms with Crippen molar-refractivity contribution >= 4 is 17.5 Å². The number of likely N-dealkylation sites (N-methyl/N-ethyl adjacent to an activating group) is 1. The molecule has 3 atom stereocenters. The number of fused-ring (bicyclic) bond motifs is 1. The summed E-state index contributed by atoms with van der Waals surface area (Å²) in [5, 5.41) is 6.43. The molecule has 2 aliphatic rings. The van der Waals surface area contributed by atoms with Gasteiger partial charge in [-0.2, -0.15) is 0 Å². The van der Waals surface area contributed by atoms with Crippen LogP contribution in [0.4, 0.5) is 5.69 Å². The van der Waals surface area contributed by atoms with Gasteiger partial charge in [-0.3, -0.25) is 9.59 Å². The van der Waals surface area contributed by atoms with E-state index in [2.05, 4.69) is 24.5 Å². The summed E-state index contributed by atoms with van der Waals surface area (Å²) in [5.74, 6) is 0.763. The maximum absolute atomic E-state index is 13.1. The number of carbonyl (C=O) groups excluding carboxylic acids is 2. The van der Waals surface area contributed by atoms with Gasteiger partial charge in [0.2, 0.25) is 5.91 Å². The number of benzene rings is 1. The van der Waals surface area contributed by atoms with Crippen molar-refractivity contribution in [2.75, 3.05) is 39.2 Å². The van der Waals surface area contributed by atoms with Gasteiger partial charge in [0.25, 0.3) is 5.91 Å². The van der Waals surface area contributed by atoms with E-state index in [1.807, 2.05) is 0 Å². The molecule has 160 valence electrons. The Kier molecular flexibility index (Phi) is 7.14. The van der Waals surface area contributed by atoms with Gasteiger partial charge in [-0.25, -0.2) is 0 Å². The lowest BCUT2D eigenvalue weighted by molar-refractivity contribution is -0.122. The quantitative estimate of drug-likeness (QED) is 0.811. The molecule has 1 aromatic carbocycles. The van der Waals surface area contributed by atoms with Crippen molar-refractivity contribution in [1.29, 1.82) is 0 Å². The van der Waals surface area contributed by atoms with Crippen molar-refractivity contribution in [2.24, 2.45) is 11.8 Å². The van der Waals surface area contributed by atoms with Gasteiger partial charge in [0.05, 0.1) is 11.7 Å². The van der Waals surface area contributed by atoms with Crippen molar-refractivity contribution in [2.45, 2.75) is 45.3 Å². The lowest BCUT2D eigenvalue weighted by Gasteiger charge is -2.30. The zero-order valence-electron chi connectivity index (χ0n) is 17.9. The third kappa shape index (κ3) is 5.28. The number of amides is 2. The van der Waals surface area contributed by atoms with Crippen LogP contribution in [-0.2, 0) is 9.53 Å². The van der Waals surface area contributed by atoms with Crippen molar-refractivity contribution < 1.29 is 19.1 Å². The second-order valence-electron chi connectivity index (χ2n) is 8.39. The summed E-state index contributed by atoms with van der Waals surface area (Å²) in [6.07, 6.45) is 2.93. The van der Waals surface area contributed by atoms with E-state index >= 15 is 0 Å². The fourth-order valence-electron chi connectivity index (χ4n) is 3.65. The van der Waals surface area contributed by atoms with E-state index in [1.165, 1.54) is 0 Å². The molecule has 1 fully saturated rings. The zero-order chi connectivity index (χ0) is 21.0. The van der Waals surface area contributed by atoms with Crippen LogP contribution in [0.15, 0.2) is 18.2 Å². The smallest absolute Gasteiger partial charge is 0.257 e. The molecule has 0 aromatic heterocycles. The Morgan fingerprint density at radius 1 is 1.31 bits per heavy atom. The first-order valence-corrected chi connectivity index (χ1v) is 10.5. The number of carbonyl (C=O) groups is 2. The summed E-state index contributed by atoms with van der Waals surface area (Å²) in [7, 11) is 3.46. The summed E-state index contributed by atoms with van der Waals surface area (Å²) in [6, 6.07) is 5.38. The van der Waals surface area contributed by atoms with Crippen LogP contribution in [0.1, 0.15) is 43.5 Å². The van der Waals surface area contributed by atoms with Gasteiger partial charge in [-0.05, 0) is 37.8 Å². The number of anilines is 1. The molecule has 7 nitrogen and oxygen atoms in total. The second-order valence-corrected chi connectivity index (χ2v) is 8.39. The van der Waals surface area contributed by atoms with Crippen LogP contribution in [0.2, 0.25) is 0 Å².